The zero-order chi connectivity index (χ0) is 22.2. The number of aldehydes is 1. The van der Waals surface area contributed by atoms with E-state index in [0.29, 0.717) is 25.2 Å². The molecule has 0 aromatic heterocycles. The van der Waals surface area contributed by atoms with Gasteiger partial charge in [-0.15, -0.1) is 0 Å². The van der Waals surface area contributed by atoms with Crippen LogP contribution >= 0.6 is 0 Å². The lowest BCUT2D eigenvalue weighted by Crippen LogP contribution is -2.02. The highest BCUT2D eigenvalue weighted by atomic mass is 16.5. The highest BCUT2D eigenvalue weighted by Crippen LogP contribution is 2.31. The third-order valence-corrected chi connectivity index (χ3v) is 5.15. The van der Waals surface area contributed by atoms with Gasteiger partial charge in [-0.2, -0.15) is 0 Å². The Balaban J connectivity index is 1.71. The quantitative estimate of drug-likeness (QED) is 0.342. The Morgan fingerprint density at radius 3 is 2.35 bits per heavy atom. The molecular weight excluding hydrogens is 392 g/mol. The van der Waals surface area contributed by atoms with Gasteiger partial charge in [0, 0.05) is 12.0 Å². The molecule has 31 heavy (non-hydrogen) atoms. The van der Waals surface area contributed by atoms with Crippen molar-refractivity contribution < 1.29 is 24.2 Å². The molecule has 0 aliphatic rings. The third kappa shape index (κ3) is 5.95. The summed E-state index contributed by atoms with van der Waals surface area (Å²) >= 11 is 0. The molecule has 0 saturated carbocycles. The largest absolute Gasteiger partial charge is 0.494 e. The van der Waals surface area contributed by atoms with E-state index in [1.807, 2.05) is 37.3 Å². The lowest BCUT2D eigenvalue weighted by molar-refractivity contribution is -0.137. The number of carbonyl (C=O) groups excluding carboxylic acids is 1. The van der Waals surface area contributed by atoms with Gasteiger partial charge in [0.2, 0.25) is 0 Å². The predicted molar refractivity (Wildman–Crippen MR) is 120 cm³/mol. The average Bonchev–Trinajstić information content (AvgIpc) is 2.77. The molecule has 5 nitrogen and oxygen atoms in total. The number of carbonyl (C=O) groups is 2. The normalized spacial score (nSPS) is 10.5. The molecule has 160 valence electrons. The summed E-state index contributed by atoms with van der Waals surface area (Å²) in [6.45, 7) is 4.94. The van der Waals surface area contributed by atoms with E-state index in [9.17, 15) is 9.59 Å². The Bertz CT molecular complexity index is 1050. The van der Waals surface area contributed by atoms with Gasteiger partial charge >= 0.3 is 5.97 Å². The number of hydrogen-bond acceptors (Lipinski definition) is 4. The Morgan fingerprint density at radius 1 is 0.935 bits per heavy atom. The summed E-state index contributed by atoms with van der Waals surface area (Å²) in [4.78, 5) is 21.4. The number of ether oxygens (including phenoxy) is 2. The Morgan fingerprint density at radius 2 is 1.68 bits per heavy atom. The van der Waals surface area contributed by atoms with Gasteiger partial charge in [0.05, 0.1) is 6.61 Å². The molecule has 0 amide bonds. The minimum atomic E-state index is -0.813. The van der Waals surface area contributed by atoms with Crippen molar-refractivity contribution in [2.45, 2.75) is 33.3 Å². The van der Waals surface area contributed by atoms with Crippen LogP contribution in [-0.2, 0) is 11.4 Å². The number of carboxylic acid groups (broad SMARTS) is 1. The van der Waals surface area contributed by atoms with E-state index in [4.69, 9.17) is 14.6 Å². The summed E-state index contributed by atoms with van der Waals surface area (Å²) in [5, 5.41) is 8.71. The van der Waals surface area contributed by atoms with E-state index < -0.39 is 5.97 Å². The van der Waals surface area contributed by atoms with Gasteiger partial charge in [0.1, 0.15) is 24.4 Å². The van der Waals surface area contributed by atoms with Crippen LogP contribution in [0.3, 0.4) is 0 Å². The van der Waals surface area contributed by atoms with Crippen LogP contribution in [-0.4, -0.2) is 24.0 Å². The summed E-state index contributed by atoms with van der Waals surface area (Å²) in [5.41, 5.74) is 6.19. The standard InChI is InChI=1S/C26H26O5/c1-18-15-23(30-14-4-7-26(28)29)12-13-24(18)25-6-3-5-21(19(25)2)17-31-22-10-8-20(16-27)9-11-22/h3,5-6,8-13,15-16H,4,7,14,17H2,1-2H3,(H,28,29). The van der Waals surface area contributed by atoms with Crippen molar-refractivity contribution >= 4 is 12.3 Å². The Kier molecular flexibility index (Phi) is 7.44. The van der Waals surface area contributed by atoms with Crippen LogP contribution in [0.4, 0.5) is 0 Å². The van der Waals surface area contributed by atoms with E-state index >= 15 is 0 Å². The smallest absolute Gasteiger partial charge is 0.303 e. The fraction of sp³-hybridized carbons (Fsp3) is 0.231. The maximum Gasteiger partial charge on any atom is 0.303 e. The highest BCUT2D eigenvalue weighted by Gasteiger charge is 2.10. The summed E-state index contributed by atoms with van der Waals surface area (Å²) in [7, 11) is 0. The van der Waals surface area contributed by atoms with Crippen LogP contribution in [0, 0.1) is 13.8 Å². The number of aryl methyl sites for hydroxylation is 1. The molecule has 0 heterocycles. The minimum Gasteiger partial charge on any atom is -0.494 e. The van der Waals surface area contributed by atoms with Crippen LogP contribution in [0.1, 0.15) is 39.9 Å². The predicted octanol–water partition coefficient (Wildman–Crippen LogP) is 5.61. The van der Waals surface area contributed by atoms with Gasteiger partial charge in [-0.3, -0.25) is 9.59 Å². The van der Waals surface area contributed by atoms with Crippen LogP contribution < -0.4 is 9.47 Å². The fourth-order valence-electron chi connectivity index (χ4n) is 3.38. The van der Waals surface area contributed by atoms with E-state index in [-0.39, 0.29) is 6.42 Å². The monoisotopic (exact) mass is 418 g/mol. The summed E-state index contributed by atoms with van der Waals surface area (Å²) in [5.74, 6) is 0.644. The fourth-order valence-corrected chi connectivity index (χ4v) is 3.38. The van der Waals surface area contributed by atoms with Gasteiger partial charge in [-0.1, -0.05) is 24.3 Å². The number of hydrogen-bond donors (Lipinski definition) is 1. The van der Waals surface area contributed by atoms with E-state index in [1.165, 1.54) is 0 Å². The van der Waals surface area contributed by atoms with Crippen molar-refractivity contribution in [3.05, 3.63) is 82.9 Å². The molecule has 5 heteroatoms. The molecular formula is C26H26O5. The second kappa shape index (κ2) is 10.4. The summed E-state index contributed by atoms with van der Waals surface area (Å²) in [6, 6.07) is 19.2. The lowest BCUT2D eigenvalue weighted by atomic mass is 9.94. The third-order valence-electron chi connectivity index (χ3n) is 5.15. The number of aliphatic carboxylic acids is 1. The molecule has 0 radical (unpaired) electrons. The number of carboxylic acids is 1. The van der Waals surface area contributed by atoms with Crippen molar-refractivity contribution in [2.24, 2.45) is 0 Å². The van der Waals surface area contributed by atoms with Crippen LogP contribution in [0.15, 0.2) is 60.7 Å². The Labute approximate surface area is 182 Å². The average molecular weight is 418 g/mol. The van der Waals surface area contributed by atoms with Crippen molar-refractivity contribution in [1.82, 2.24) is 0 Å². The number of rotatable bonds is 10. The summed E-state index contributed by atoms with van der Waals surface area (Å²) in [6.07, 6.45) is 1.40. The zero-order valence-electron chi connectivity index (χ0n) is 17.8. The van der Waals surface area contributed by atoms with Crippen LogP contribution in [0.25, 0.3) is 11.1 Å². The first-order valence-corrected chi connectivity index (χ1v) is 10.2. The molecule has 0 saturated heterocycles. The molecule has 3 aromatic carbocycles. The molecule has 0 aliphatic heterocycles. The van der Waals surface area contributed by atoms with Crippen LogP contribution in [0.2, 0.25) is 0 Å². The van der Waals surface area contributed by atoms with Gasteiger partial charge < -0.3 is 14.6 Å². The molecule has 0 fully saturated rings. The van der Waals surface area contributed by atoms with Gasteiger partial charge in [-0.25, -0.2) is 0 Å². The lowest BCUT2D eigenvalue weighted by Gasteiger charge is -2.15. The maximum atomic E-state index is 10.8. The first kappa shape index (κ1) is 22.1. The van der Waals surface area contributed by atoms with E-state index in [1.54, 1.807) is 24.3 Å². The van der Waals surface area contributed by atoms with Gasteiger partial charge in [0.15, 0.2) is 0 Å². The second-order valence-corrected chi connectivity index (χ2v) is 7.39. The zero-order valence-corrected chi connectivity index (χ0v) is 17.8. The van der Waals surface area contributed by atoms with Crippen molar-refractivity contribution in [1.29, 1.82) is 0 Å². The molecule has 0 aliphatic carbocycles. The molecule has 3 aromatic rings. The Hall–Kier alpha value is -3.60. The molecule has 0 bridgehead atoms. The highest BCUT2D eigenvalue weighted by molar-refractivity contribution is 5.75. The molecule has 1 N–H and O–H groups in total. The first-order valence-electron chi connectivity index (χ1n) is 10.2. The van der Waals surface area contributed by atoms with Crippen molar-refractivity contribution in [2.75, 3.05) is 6.61 Å². The molecule has 0 unspecified atom stereocenters. The second-order valence-electron chi connectivity index (χ2n) is 7.39. The molecule has 0 spiro atoms. The molecule has 3 rings (SSSR count). The van der Waals surface area contributed by atoms with Crippen molar-refractivity contribution in [3.8, 4) is 22.6 Å². The van der Waals surface area contributed by atoms with Gasteiger partial charge in [0.25, 0.3) is 0 Å². The first-order chi connectivity index (χ1) is 15.0. The topological polar surface area (TPSA) is 72.8 Å². The van der Waals surface area contributed by atoms with Crippen LogP contribution in [0.5, 0.6) is 11.5 Å². The molecule has 0 atom stereocenters. The van der Waals surface area contributed by atoms with Crippen molar-refractivity contribution in [3.63, 3.8) is 0 Å². The van der Waals surface area contributed by atoms with E-state index in [2.05, 4.69) is 13.0 Å². The minimum absolute atomic E-state index is 0.104. The SMILES string of the molecule is Cc1cc(OCCCC(=O)O)ccc1-c1cccc(COc2ccc(C=O)cc2)c1C. The summed E-state index contributed by atoms with van der Waals surface area (Å²) < 4.78 is 11.6. The number of benzene rings is 3. The van der Waals surface area contributed by atoms with E-state index in [0.717, 1.165) is 45.6 Å². The maximum absolute atomic E-state index is 10.8. The van der Waals surface area contributed by atoms with Gasteiger partial charge in [-0.05, 0) is 84.5 Å².